The minimum Gasteiger partial charge on any atom is -0.493 e. The zero-order valence-electron chi connectivity index (χ0n) is 10.4. The van der Waals surface area contributed by atoms with Crippen LogP contribution in [0.3, 0.4) is 0 Å². The third kappa shape index (κ3) is 3.34. The van der Waals surface area contributed by atoms with Crippen LogP contribution < -0.4 is 4.74 Å². The number of nitrogens with zero attached hydrogens (tertiary/aromatic N) is 2. The Kier molecular flexibility index (Phi) is 3.81. The molecule has 0 atom stereocenters. The fraction of sp³-hybridized carbons (Fsp3) is 0.357. The average molecular weight is 230 g/mol. The number of hydrogen-bond acceptors (Lipinski definition) is 2. The predicted octanol–water partition coefficient (Wildman–Crippen LogP) is 2.60. The SMILES string of the molecule is CCc1cccc(OCCc2cnn(C)c2)c1. The summed E-state index contributed by atoms with van der Waals surface area (Å²) in [5.41, 5.74) is 2.52. The summed E-state index contributed by atoms with van der Waals surface area (Å²) >= 11 is 0. The Bertz CT molecular complexity index is 477. The molecule has 3 nitrogen and oxygen atoms in total. The molecule has 0 amide bonds. The summed E-state index contributed by atoms with van der Waals surface area (Å²) < 4.78 is 7.54. The lowest BCUT2D eigenvalue weighted by atomic mass is 10.2. The third-order valence-corrected chi connectivity index (χ3v) is 2.72. The lowest BCUT2D eigenvalue weighted by Crippen LogP contribution is -2.01. The first-order valence-electron chi connectivity index (χ1n) is 5.97. The maximum absolute atomic E-state index is 5.72. The second kappa shape index (κ2) is 5.53. The number of hydrogen-bond donors (Lipinski definition) is 0. The van der Waals surface area contributed by atoms with E-state index in [1.54, 1.807) is 0 Å². The Labute approximate surface area is 102 Å². The van der Waals surface area contributed by atoms with Gasteiger partial charge in [0.05, 0.1) is 12.8 Å². The van der Waals surface area contributed by atoms with Crippen LogP contribution in [0.15, 0.2) is 36.7 Å². The lowest BCUT2D eigenvalue weighted by molar-refractivity contribution is 0.321. The van der Waals surface area contributed by atoms with Crippen LogP contribution in [0, 0.1) is 0 Å². The molecule has 0 aliphatic heterocycles. The van der Waals surface area contributed by atoms with Crippen molar-refractivity contribution in [2.24, 2.45) is 7.05 Å². The molecule has 3 heteroatoms. The van der Waals surface area contributed by atoms with Crippen molar-refractivity contribution in [2.45, 2.75) is 19.8 Å². The van der Waals surface area contributed by atoms with Gasteiger partial charge in [0, 0.05) is 19.7 Å². The van der Waals surface area contributed by atoms with E-state index in [1.165, 1.54) is 11.1 Å². The Morgan fingerprint density at radius 2 is 2.18 bits per heavy atom. The highest BCUT2D eigenvalue weighted by Gasteiger charge is 1.98. The van der Waals surface area contributed by atoms with Crippen molar-refractivity contribution in [3.63, 3.8) is 0 Å². The number of ether oxygens (including phenoxy) is 1. The number of aryl methyl sites for hydroxylation is 2. The van der Waals surface area contributed by atoms with Crippen molar-refractivity contribution >= 4 is 0 Å². The molecular weight excluding hydrogens is 212 g/mol. The van der Waals surface area contributed by atoms with Gasteiger partial charge >= 0.3 is 0 Å². The standard InChI is InChI=1S/C14H18N2O/c1-3-12-5-4-6-14(9-12)17-8-7-13-10-15-16(2)11-13/h4-6,9-11H,3,7-8H2,1-2H3. The second-order valence-electron chi connectivity index (χ2n) is 4.12. The van der Waals surface area contributed by atoms with Gasteiger partial charge in [0.2, 0.25) is 0 Å². The van der Waals surface area contributed by atoms with Crippen molar-refractivity contribution in [1.29, 1.82) is 0 Å². The highest BCUT2D eigenvalue weighted by molar-refractivity contribution is 5.28. The van der Waals surface area contributed by atoms with Crippen LogP contribution in [0.25, 0.3) is 0 Å². The molecule has 0 saturated carbocycles. The number of aromatic nitrogens is 2. The maximum atomic E-state index is 5.72. The Morgan fingerprint density at radius 3 is 2.88 bits per heavy atom. The first-order chi connectivity index (χ1) is 8.28. The average Bonchev–Trinajstić information content (AvgIpc) is 2.75. The van der Waals surface area contributed by atoms with E-state index >= 15 is 0 Å². The van der Waals surface area contributed by atoms with Crippen molar-refractivity contribution in [3.8, 4) is 5.75 Å². The largest absolute Gasteiger partial charge is 0.493 e. The van der Waals surface area contributed by atoms with Crippen molar-refractivity contribution < 1.29 is 4.74 Å². The zero-order valence-corrected chi connectivity index (χ0v) is 10.4. The quantitative estimate of drug-likeness (QED) is 0.789. The molecule has 2 aromatic rings. The van der Waals surface area contributed by atoms with Gasteiger partial charge in [-0.15, -0.1) is 0 Å². The van der Waals surface area contributed by atoms with Crippen molar-refractivity contribution in [1.82, 2.24) is 9.78 Å². The maximum Gasteiger partial charge on any atom is 0.119 e. The van der Waals surface area contributed by atoms with E-state index in [1.807, 2.05) is 36.3 Å². The highest BCUT2D eigenvalue weighted by Crippen LogP contribution is 2.14. The van der Waals surface area contributed by atoms with Gasteiger partial charge in [-0.05, 0) is 29.7 Å². The third-order valence-electron chi connectivity index (χ3n) is 2.72. The molecule has 0 spiro atoms. The smallest absolute Gasteiger partial charge is 0.119 e. The van der Waals surface area contributed by atoms with Crippen LogP contribution in [0.2, 0.25) is 0 Å². The summed E-state index contributed by atoms with van der Waals surface area (Å²) in [5.74, 6) is 0.952. The molecule has 1 aromatic carbocycles. The topological polar surface area (TPSA) is 27.1 Å². The van der Waals surface area contributed by atoms with Crippen LogP contribution in [0.4, 0.5) is 0 Å². The molecule has 2 rings (SSSR count). The summed E-state index contributed by atoms with van der Waals surface area (Å²) in [6.45, 7) is 2.84. The number of benzene rings is 1. The van der Waals surface area contributed by atoms with Crippen LogP contribution >= 0.6 is 0 Å². The Balaban J connectivity index is 1.85. The first-order valence-corrected chi connectivity index (χ1v) is 5.97. The van der Waals surface area contributed by atoms with Gasteiger partial charge < -0.3 is 4.74 Å². The molecular formula is C14H18N2O. The Morgan fingerprint density at radius 1 is 1.29 bits per heavy atom. The second-order valence-corrected chi connectivity index (χ2v) is 4.12. The van der Waals surface area contributed by atoms with E-state index in [-0.39, 0.29) is 0 Å². The van der Waals surface area contributed by atoms with Gasteiger partial charge in [-0.2, -0.15) is 5.10 Å². The fourth-order valence-corrected chi connectivity index (χ4v) is 1.74. The zero-order chi connectivity index (χ0) is 12.1. The van der Waals surface area contributed by atoms with Crippen LogP contribution in [0.1, 0.15) is 18.1 Å². The Hall–Kier alpha value is -1.77. The summed E-state index contributed by atoms with van der Waals surface area (Å²) in [4.78, 5) is 0. The molecule has 0 radical (unpaired) electrons. The molecule has 0 fully saturated rings. The van der Waals surface area contributed by atoms with E-state index < -0.39 is 0 Å². The minimum atomic E-state index is 0.693. The summed E-state index contributed by atoms with van der Waals surface area (Å²) in [7, 11) is 1.93. The van der Waals surface area contributed by atoms with Crippen molar-refractivity contribution in [2.75, 3.05) is 6.61 Å². The molecule has 0 aliphatic rings. The molecule has 0 saturated heterocycles. The number of rotatable bonds is 5. The molecule has 90 valence electrons. The summed E-state index contributed by atoms with van der Waals surface area (Å²) in [6, 6.07) is 8.26. The van der Waals surface area contributed by atoms with E-state index in [4.69, 9.17) is 4.74 Å². The van der Waals surface area contributed by atoms with Gasteiger partial charge in [0.1, 0.15) is 5.75 Å². The van der Waals surface area contributed by atoms with E-state index in [9.17, 15) is 0 Å². The lowest BCUT2D eigenvalue weighted by Gasteiger charge is -2.06. The van der Waals surface area contributed by atoms with Gasteiger partial charge in [-0.1, -0.05) is 19.1 Å². The molecule has 1 heterocycles. The van der Waals surface area contributed by atoms with E-state index in [0.29, 0.717) is 6.61 Å². The van der Waals surface area contributed by atoms with Gasteiger partial charge in [0.15, 0.2) is 0 Å². The molecule has 0 unspecified atom stereocenters. The fourth-order valence-electron chi connectivity index (χ4n) is 1.74. The molecule has 0 N–H and O–H groups in total. The minimum absolute atomic E-state index is 0.693. The predicted molar refractivity (Wildman–Crippen MR) is 68.2 cm³/mol. The van der Waals surface area contributed by atoms with Crippen LogP contribution in [0.5, 0.6) is 5.75 Å². The van der Waals surface area contributed by atoms with Crippen LogP contribution in [-0.4, -0.2) is 16.4 Å². The highest BCUT2D eigenvalue weighted by atomic mass is 16.5. The normalized spacial score (nSPS) is 10.5. The molecule has 0 aliphatic carbocycles. The van der Waals surface area contributed by atoms with E-state index in [0.717, 1.165) is 18.6 Å². The van der Waals surface area contributed by atoms with Crippen molar-refractivity contribution in [3.05, 3.63) is 47.8 Å². The molecule has 0 bridgehead atoms. The summed E-state index contributed by atoms with van der Waals surface area (Å²) in [5, 5.41) is 4.13. The monoisotopic (exact) mass is 230 g/mol. The molecule has 1 aromatic heterocycles. The first kappa shape index (κ1) is 11.7. The van der Waals surface area contributed by atoms with E-state index in [2.05, 4.69) is 24.2 Å². The molecule has 17 heavy (non-hydrogen) atoms. The summed E-state index contributed by atoms with van der Waals surface area (Å²) in [6.07, 6.45) is 5.83. The van der Waals surface area contributed by atoms with Gasteiger partial charge in [0.25, 0.3) is 0 Å². The van der Waals surface area contributed by atoms with Gasteiger partial charge in [-0.3, -0.25) is 4.68 Å². The van der Waals surface area contributed by atoms with Gasteiger partial charge in [-0.25, -0.2) is 0 Å². The van der Waals surface area contributed by atoms with Crippen LogP contribution in [-0.2, 0) is 19.9 Å².